The second-order valence-corrected chi connectivity index (χ2v) is 4.68. The Balaban J connectivity index is 2.49. The summed E-state index contributed by atoms with van der Waals surface area (Å²) < 4.78 is 0. The average molecular weight is 231 g/mol. The van der Waals surface area contributed by atoms with E-state index in [1.54, 1.807) is 0 Å². The van der Waals surface area contributed by atoms with Gasteiger partial charge in [-0.3, -0.25) is 4.79 Å². The normalized spacial score (nSPS) is 11.6. The highest BCUT2D eigenvalue weighted by Crippen LogP contribution is 2.06. The molecule has 1 amide bonds. The number of hydrogen-bond donors (Lipinski definition) is 1. The molecule has 0 aliphatic heterocycles. The number of nitrogens with one attached hydrogen (secondary N) is 1. The number of rotatable bonds is 5. The fourth-order valence-corrected chi connectivity index (χ4v) is 1.48. The zero-order valence-electron chi connectivity index (χ0n) is 10.9. The molecule has 1 rings (SSSR count). The minimum atomic E-state index is 0.0227. The summed E-state index contributed by atoms with van der Waals surface area (Å²) in [5.41, 5.74) is 1.81. The Morgan fingerprint density at radius 1 is 1.29 bits per heavy atom. The summed E-state index contributed by atoms with van der Waals surface area (Å²) in [4.78, 5) is 11.7. The molecule has 0 spiro atoms. The van der Waals surface area contributed by atoms with Crippen molar-refractivity contribution in [2.75, 3.05) is 6.54 Å². The predicted molar refractivity (Wildman–Crippen MR) is 72.6 cm³/mol. The minimum absolute atomic E-state index is 0.0227. The molecule has 0 bridgehead atoms. The molecule has 1 aromatic rings. The Kier molecular flexibility index (Phi) is 5.47. The van der Waals surface area contributed by atoms with Crippen LogP contribution in [0.5, 0.6) is 0 Å². The quantitative estimate of drug-likeness (QED) is 0.774. The van der Waals surface area contributed by atoms with Gasteiger partial charge in [0.1, 0.15) is 0 Å². The maximum absolute atomic E-state index is 11.7. The van der Waals surface area contributed by atoms with Crippen LogP contribution in [0.25, 0.3) is 6.08 Å². The lowest BCUT2D eigenvalue weighted by molar-refractivity contribution is -0.117. The van der Waals surface area contributed by atoms with Gasteiger partial charge >= 0.3 is 0 Å². The summed E-state index contributed by atoms with van der Waals surface area (Å²) in [6, 6.07) is 9.89. The number of carbonyl (C=O) groups is 1. The van der Waals surface area contributed by atoms with Crippen molar-refractivity contribution >= 4 is 12.0 Å². The summed E-state index contributed by atoms with van der Waals surface area (Å²) in [6.07, 6.45) is 2.93. The van der Waals surface area contributed by atoms with Gasteiger partial charge in [-0.1, -0.05) is 44.2 Å². The Bertz CT molecular complexity index is 379. The number of carbonyl (C=O) groups excluding carboxylic acids is 1. The summed E-state index contributed by atoms with van der Waals surface area (Å²) in [6.45, 7) is 6.89. The van der Waals surface area contributed by atoms with Crippen LogP contribution in [-0.4, -0.2) is 12.5 Å². The Labute approximate surface area is 104 Å². The van der Waals surface area contributed by atoms with Crippen molar-refractivity contribution < 1.29 is 4.79 Å². The largest absolute Gasteiger partial charge is 0.352 e. The fourth-order valence-electron chi connectivity index (χ4n) is 1.48. The van der Waals surface area contributed by atoms with E-state index in [0.29, 0.717) is 5.92 Å². The van der Waals surface area contributed by atoms with E-state index in [-0.39, 0.29) is 5.91 Å². The van der Waals surface area contributed by atoms with E-state index in [0.717, 1.165) is 24.1 Å². The van der Waals surface area contributed by atoms with Crippen LogP contribution in [0.4, 0.5) is 0 Å². The molecule has 0 atom stereocenters. The van der Waals surface area contributed by atoms with Gasteiger partial charge in [-0.05, 0) is 30.9 Å². The molecule has 1 N–H and O–H groups in total. The summed E-state index contributed by atoms with van der Waals surface area (Å²) >= 11 is 0. The molecule has 0 fully saturated rings. The molecule has 0 saturated carbocycles. The molecule has 1 aromatic carbocycles. The van der Waals surface area contributed by atoms with Crippen LogP contribution in [0.2, 0.25) is 0 Å². The number of benzene rings is 1. The van der Waals surface area contributed by atoms with E-state index in [4.69, 9.17) is 0 Å². The zero-order valence-corrected chi connectivity index (χ0v) is 10.9. The number of hydrogen-bond acceptors (Lipinski definition) is 1. The fraction of sp³-hybridized carbons (Fsp3) is 0.400. The van der Waals surface area contributed by atoms with Gasteiger partial charge in [-0.25, -0.2) is 0 Å². The van der Waals surface area contributed by atoms with Crippen molar-refractivity contribution in [1.82, 2.24) is 5.32 Å². The van der Waals surface area contributed by atoms with Crippen LogP contribution in [0.1, 0.15) is 32.8 Å². The average Bonchev–Trinajstić information content (AvgIpc) is 2.29. The van der Waals surface area contributed by atoms with Crippen LogP contribution in [0, 0.1) is 5.92 Å². The SMILES string of the molecule is CC(=Cc1ccccc1)C(=O)NCCC(C)C. The highest BCUT2D eigenvalue weighted by molar-refractivity contribution is 5.97. The molecular weight excluding hydrogens is 210 g/mol. The summed E-state index contributed by atoms with van der Waals surface area (Å²) in [7, 11) is 0. The molecule has 17 heavy (non-hydrogen) atoms. The lowest BCUT2D eigenvalue weighted by Crippen LogP contribution is -2.25. The Hall–Kier alpha value is -1.57. The van der Waals surface area contributed by atoms with Crippen LogP contribution in [0.3, 0.4) is 0 Å². The monoisotopic (exact) mass is 231 g/mol. The molecular formula is C15H21NO. The molecule has 0 aromatic heterocycles. The maximum Gasteiger partial charge on any atom is 0.246 e. The van der Waals surface area contributed by atoms with E-state index in [9.17, 15) is 4.79 Å². The van der Waals surface area contributed by atoms with Gasteiger partial charge in [0, 0.05) is 12.1 Å². The van der Waals surface area contributed by atoms with E-state index in [1.807, 2.05) is 43.3 Å². The van der Waals surface area contributed by atoms with Gasteiger partial charge in [-0.15, -0.1) is 0 Å². The molecule has 0 heterocycles. The van der Waals surface area contributed by atoms with Crippen molar-refractivity contribution in [3.8, 4) is 0 Å². The van der Waals surface area contributed by atoms with Gasteiger partial charge in [0.2, 0.25) is 5.91 Å². The highest BCUT2D eigenvalue weighted by Gasteiger charge is 2.03. The first-order valence-corrected chi connectivity index (χ1v) is 6.11. The topological polar surface area (TPSA) is 29.1 Å². The van der Waals surface area contributed by atoms with E-state index >= 15 is 0 Å². The van der Waals surface area contributed by atoms with Crippen molar-refractivity contribution in [1.29, 1.82) is 0 Å². The highest BCUT2D eigenvalue weighted by atomic mass is 16.1. The van der Waals surface area contributed by atoms with Crippen molar-refractivity contribution in [3.63, 3.8) is 0 Å². The van der Waals surface area contributed by atoms with E-state index in [2.05, 4.69) is 19.2 Å². The first-order valence-electron chi connectivity index (χ1n) is 6.11. The van der Waals surface area contributed by atoms with Crippen LogP contribution in [-0.2, 0) is 4.79 Å². The van der Waals surface area contributed by atoms with Gasteiger partial charge < -0.3 is 5.32 Å². The van der Waals surface area contributed by atoms with Gasteiger partial charge in [0.15, 0.2) is 0 Å². The summed E-state index contributed by atoms with van der Waals surface area (Å²) in [5.74, 6) is 0.642. The lowest BCUT2D eigenvalue weighted by Gasteiger charge is -2.07. The molecule has 2 heteroatoms. The van der Waals surface area contributed by atoms with Crippen LogP contribution in [0.15, 0.2) is 35.9 Å². The third-order valence-corrected chi connectivity index (χ3v) is 2.55. The molecule has 0 unspecified atom stereocenters. The molecule has 0 aliphatic carbocycles. The third-order valence-electron chi connectivity index (χ3n) is 2.55. The molecule has 0 radical (unpaired) electrons. The first-order chi connectivity index (χ1) is 8.09. The van der Waals surface area contributed by atoms with E-state index in [1.165, 1.54) is 0 Å². The maximum atomic E-state index is 11.7. The second kappa shape index (κ2) is 6.89. The lowest BCUT2D eigenvalue weighted by atomic mass is 10.1. The Morgan fingerprint density at radius 3 is 2.53 bits per heavy atom. The minimum Gasteiger partial charge on any atom is -0.352 e. The van der Waals surface area contributed by atoms with Gasteiger partial charge in [-0.2, -0.15) is 0 Å². The van der Waals surface area contributed by atoms with Crippen molar-refractivity contribution in [2.45, 2.75) is 27.2 Å². The summed E-state index contributed by atoms with van der Waals surface area (Å²) in [5, 5.41) is 2.93. The van der Waals surface area contributed by atoms with Crippen molar-refractivity contribution in [2.24, 2.45) is 5.92 Å². The molecule has 0 aliphatic rings. The van der Waals surface area contributed by atoms with Crippen LogP contribution < -0.4 is 5.32 Å². The third kappa shape index (κ3) is 5.34. The van der Waals surface area contributed by atoms with E-state index < -0.39 is 0 Å². The molecule has 2 nitrogen and oxygen atoms in total. The predicted octanol–water partition coefficient (Wildman–Crippen LogP) is 3.25. The molecule has 92 valence electrons. The standard InChI is InChI=1S/C15H21NO/c1-12(2)9-10-16-15(17)13(3)11-14-7-5-4-6-8-14/h4-8,11-12H,9-10H2,1-3H3,(H,16,17). The molecule has 0 saturated heterocycles. The smallest absolute Gasteiger partial charge is 0.246 e. The first kappa shape index (κ1) is 13.5. The van der Waals surface area contributed by atoms with Crippen molar-refractivity contribution in [3.05, 3.63) is 41.5 Å². The zero-order chi connectivity index (χ0) is 12.7. The number of amides is 1. The van der Waals surface area contributed by atoms with Crippen LogP contribution >= 0.6 is 0 Å². The van der Waals surface area contributed by atoms with Gasteiger partial charge in [0.25, 0.3) is 0 Å². The Morgan fingerprint density at radius 2 is 1.94 bits per heavy atom. The second-order valence-electron chi connectivity index (χ2n) is 4.68. The van der Waals surface area contributed by atoms with Gasteiger partial charge in [0.05, 0.1) is 0 Å².